The maximum Gasteiger partial charge on any atom is 0.266 e. The summed E-state index contributed by atoms with van der Waals surface area (Å²) in [6, 6.07) is 0. The molecule has 0 aromatic carbocycles. The molecule has 2 aromatic heterocycles. The fourth-order valence-electron chi connectivity index (χ4n) is 1.23. The van der Waals surface area contributed by atoms with Gasteiger partial charge in [0.25, 0.3) is 10.0 Å². The Morgan fingerprint density at radius 3 is 2.58 bits per heavy atom. The van der Waals surface area contributed by atoms with Gasteiger partial charge in [0.05, 0.1) is 12.4 Å². The second kappa shape index (κ2) is 5.93. The van der Waals surface area contributed by atoms with Crippen LogP contribution >= 0.6 is 11.3 Å². The summed E-state index contributed by atoms with van der Waals surface area (Å²) >= 11 is 1.20. The fraction of sp³-hybridized carbons (Fsp3) is 0.300. The van der Waals surface area contributed by atoms with Crippen molar-refractivity contribution in [1.82, 2.24) is 15.0 Å². The molecule has 7 nitrogen and oxygen atoms in total. The lowest BCUT2D eigenvalue weighted by molar-refractivity contribution is 0.600. The summed E-state index contributed by atoms with van der Waals surface area (Å²) < 4.78 is 26.3. The summed E-state index contributed by atoms with van der Waals surface area (Å²) in [5.74, 6) is 0.412. The van der Waals surface area contributed by atoms with Crippen molar-refractivity contribution < 1.29 is 8.42 Å². The second-order valence-electron chi connectivity index (χ2n) is 3.61. The van der Waals surface area contributed by atoms with Crippen molar-refractivity contribution in [3.05, 3.63) is 24.0 Å². The molecule has 0 spiro atoms. The highest BCUT2D eigenvalue weighted by Crippen LogP contribution is 2.17. The Hall–Kier alpha value is -1.74. The van der Waals surface area contributed by atoms with Crippen molar-refractivity contribution in [3.63, 3.8) is 0 Å². The first-order valence-electron chi connectivity index (χ1n) is 5.60. The van der Waals surface area contributed by atoms with E-state index in [0.717, 1.165) is 13.0 Å². The average molecular weight is 299 g/mol. The van der Waals surface area contributed by atoms with Crippen LogP contribution in [0.3, 0.4) is 0 Å². The van der Waals surface area contributed by atoms with Crippen LogP contribution in [0.2, 0.25) is 0 Å². The Kier molecular flexibility index (Phi) is 4.27. The van der Waals surface area contributed by atoms with E-state index >= 15 is 0 Å². The van der Waals surface area contributed by atoms with E-state index in [-0.39, 0.29) is 4.90 Å². The molecule has 19 heavy (non-hydrogen) atoms. The minimum Gasteiger partial charge on any atom is -0.354 e. The Labute approximate surface area is 115 Å². The highest BCUT2D eigenvalue weighted by molar-refractivity contribution is 7.93. The van der Waals surface area contributed by atoms with Gasteiger partial charge < -0.3 is 5.32 Å². The molecular formula is C10H13N5O2S2. The van der Waals surface area contributed by atoms with Gasteiger partial charge in [-0.2, -0.15) is 0 Å². The van der Waals surface area contributed by atoms with Gasteiger partial charge in [-0.3, -0.25) is 4.72 Å². The van der Waals surface area contributed by atoms with E-state index in [0.29, 0.717) is 11.1 Å². The van der Waals surface area contributed by atoms with Gasteiger partial charge in [0.1, 0.15) is 4.90 Å². The van der Waals surface area contributed by atoms with Gasteiger partial charge in [0, 0.05) is 18.1 Å². The lowest BCUT2D eigenvalue weighted by Gasteiger charge is -2.06. The predicted octanol–water partition coefficient (Wildman–Crippen LogP) is 1.56. The summed E-state index contributed by atoms with van der Waals surface area (Å²) in [6.07, 6.45) is 4.99. The summed E-state index contributed by atoms with van der Waals surface area (Å²) in [4.78, 5) is 11.8. The zero-order chi connectivity index (χ0) is 13.7. The van der Waals surface area contributed by atoms with Crippen molar-refractivity contribution in [1.29, 1.82) is 0 Å². The normalized spacial score (nSPS) is 11.2. The van der Waals surface area contributed by atoms with Crippen LogP contribution in [0.15, 0.2) is 28.9 Å². The van der Waals surface area contributed by atoms with Crippen LogP contribution in [0.1, 0.15) is 13.3 Å². The van der Waals surface area contributed by atoms with Crippen LogP contribution in [0.5, 0.6) is 0 Å². The first kappa shape index (κ1) is 13.7. The van der Waals surface area contributed by atoms with Gasteiger partial charge in [-0.05, 0) is 6.42 Å². The Bertz CT molecular complexity index is 610. The molecule has 102 valence electrons. The summed E-state index contributed by atoms with van der Waals surface area (Å²) in [5.41, 5.74) is 0. The predicted molar refractivity (Wildman–Crippen MR) is 73.7 cm³/mol. The molecule has 0 radical (unpaired) electrons. The molecule has 0 fully saturated rings. The first-order chi connectivity index (χ1) is 9.12. The zero-order valence-corrected chi connectivity index (χ0v) is 11.8. The molecule has 0 amide bonds. The van der Waals surface area contributed by atoms with Gasteiger partial charge in [-0.25, -0.2) is 23.4 Å². The van der Waals surface area contributed by atoms with Crippen LogP contribution in [-0.4, -0.2) is 29.9 Å². The fourth-order valence-corrected chi connectivity index (χ4v) is 2.91. The lowest BCUT2D eigenvalue weighted by atomic mass is 10.5. The number of nitrogens with zero attached hydrogens (tertiary/aromatic N) is 3. The molecule has 2 N–H and O–H groups in total. The number of anilines is 2. The molecule has 2 rings (SSSR count). The van der Waals surface area contributed by atoms with E-state index in [1.807, 2.05) is 6.92 Å². The van der Waals surface area contributed by atoms with Gasteiger partial charge in [-0.15, -0.1) is 11.3 Å². The molecule has 0 saturated carbocycles. The van der Waals surface area contributed by atoms with Crippen molar-refractivity contribution in [2.45, 2.75) is 18.2 Å². The third-order valence-corrected chi connectivity index (χ3v) is 4.24. The van der Waals surface area contributed by atoms with Crippen LogP contribution < -0.4 is 10.0 Å². The number of aromatic nitrogens is 3. The molecule has 0 atom stereocenters. The van der Waals surface area contributed by atoms with E-state index in [9.17, 15) is 8.42 Å². The highest BCUT2D eigenvalue weighted by atomic mass is 32.2. The minimum absolute atomic E-state index is 0.00440. The van der Waals surface area contributed by atoms with E-state index < -0.39 is 10.0 Å². The number of thiazole rings is 1. The largest absolute Gasteiger partial charge is 0.354 e. The molecule has 0 aliphatic carbocycles. The summed E-state index contributed by atoms with van der Waals surface area (Å²) in [5, 5.41) is 4.97. The molecule has 2 aromatic rings. The van der Waals surface area contributed by atoms with Crippen molar-refractivity contribution in [2.24, 2.45) is 0 Å². The van der Waals surface area contributed by atoms with Crippen LogP contribution in [0.25, 0.3) is 0 Å². The number of nitrogens with one attached hydrogen (secondary N) is 2. The SMILES string of the molecule is CCCNc1ncc(S(=O)(=O)Nc2nccs2)cn1. The molecule has 0 aliphatic rings. The van der Waals surface area contributed by atoms with Crippen LogP contribution in [-0.2, 0) is 10.0 Å². The van der Waals surface area contributed by atoms with E-state index in [2.05, 4.69) is 25.0 Å². The summed E-state index contributed by atoms with van der Waals surface area (Å²) in [7, 11) is -3.68. The zero-order valence-electron chi connectivity index (χ0n) is 10.2. The van der Waals surface area contributed by atoms with Gasteiger partial charge >= 0.3 is 0 Å². The van der Waals surface area contributed by atoms with Crippen LogP contribution in [0, 0.1) is 0 Å². The third-order valence-electron chi connectivity index (χ3n) is 2.13. The van der Waals surface area contributed by atoms with Crippen molar-refractivity contribution in [2.75, 3.05) is 16.6 Å². The van der Waals surface area contributed by atoms with E-state index in [1.165, 1.54) is 29.9 Å². The number of sulfonamides is 1. The molecular weight excluding hydrogens is 286 g/mol. The Balaban J connectivity index is 2.12. The quantitative estimate of drug-likeness (QED) is 0.840. The second-order valence-corrected chi connectivity index (χ2v) is 6.19. The molecule has 2 heterocycles. The molecule has 9 heteroatoms. The third kappa shape index (κ3) is 3.61. The number of hydrogen-bond acceptors (Lipinski definition) is 7. The van der Waals surface area contributed by atoms with Gasteiger partial charge in [-0.1, -0.05) is 6.92 Å². The number of rotatable bonds is 6. The smallest absolute Gasteiger partial charge is 0.266 e. The standard InChI is InChI=1S/C10H13N5O2S2/c1-2-3-11-9-13-6-8(7-14-9)19(16,17)15-10-12-4-5-18-10/h4-7H,2-3H2,1H3,(H,12,15)(H,11,13,14). The van der Waals surface area contributed by atoms with Crippen LogP contribution in [0.4, 0.5) is 11.1 Å². The molecule has 0 saturated heterocycles. The lowest BCUT2D eigenvalue weighted by Crippen LogP contribution is -2.14. The number of hydrogen-bond donors (Lipinski definition) is 2. The van der Waals surface area contributed by atoms with E-state index in [4.69, 9.17) is 0 Å². The average Bonchev–Trinajstić information content (AvgIpc) is 2.89. The molecule has 0 aliphatic heterocycles. The Morgan fingerprint density at radius 2 is 2.00 bits per heavy atom. The first-order valence-corrected chi connectivity index (χ1v) is 7.96. The Morgan fingerprint density at radius 1 is 1.26 bits per heavy atom. The van der Waals surface area contributed by atoms with E-state index in [1.54, 1.807) is 5.38 Å². The van der Waals surface area contributed by atoms with Gasteiger partial charge in [0.15, 0.2) is 5.13 Å². The van der Waals surface area contributed by atoms with Crippen molar-refractivity contribution >= 4 is 32.4 Å². The molecule has 0 bridgehead atoms. The topological polar surface area (TPSA) is 96.9 Å². The summed E-state index contributed by atoms with van der Waals surface area (Å²) in [6.45, 7) is 2.76. The highest BCUT2D eigenvalue weighted by Gasteiger charge is 2.16. The minimum atomic E-state index is -3.68. The monoisotopic (exact) mass is 299 g/mol. The maximum absolute atomic E-state index is 12.0. The molecule has 0 unspecified atom stereocenters. The van der Waals surface area contributed by atoms with Crippen molar-refractivity contribution in [3.8, 4) is 0 Å². The maximum atomic E-state index is 12.0. The van der Waals surface area contributed by atoms with Gasteiger partial charge in [0.2, 0.25) is 5.95 Å².